The van der Waals surface area contributed by atoms with Crippen molar-refractivity contribution in [2.75, 3.05) is 11.9 Å². The Morgan fingerprint density at radius 3 is 2.54 bits per heavy atom. The molecule has 9 heteroatoms. The highest BCUT2D eigenvalue weighted by molar-refractivity contribution is 8.02. The van der Waals surface area contributed by atoms with Gasteiger partial charge in [-0.25, -0.2) is 0 Å². The third kappa shape index (κ3) is 4.23. The van der Waals surface area contributed by atoms with Gasteiger partial charge in [0.25, 0.3) is 0 Å². The van der Waals surface area contributed by atoms with E-state index in [4.69, 9.17) is 11.6 Å². The quantitative estimate of drug-likeness (QED) is 0.473. The van der Waals surface area contributed by atoms with Gasteiger partial charge in [-0.3, -0.25) is 14.4 Å². The molecule has 2 aromatic rings. The molecule has 1 spiro atoms. The van der Waals surface area contributed by atoms with Crippen LogP contribution in [0.4, 0.5) is 5.69 Å². The Bertz CT molecular complexity index is 1190. The van der Waals surface area contributed by atoms with Crippen molar-refractivity contribution in [1.82, 2.24) is 10.2 Å². The minimum Gasteiger partial charge on any atom is -0.394 e. The molecule has 3 aliphatic heterocycles. The number of likely N-dealkylation sites (tertiary alicyclic amines) is 1. The second kappa shape index (κ2) is 10.3. The number of aliphatic hydroxyl groups excluding tert-OH is 1. The highest BCUT2D eigenvalue weighted by atomic mass is 35.5. The number of nitrogens with one attached hydrogen (secondary N) is 2. The summed E-state index contributed by atoms with van der Waals surface area (Å²) >= 11 is 7.94. The summed E-state index contributed by atoms with van der Waals surface area (Å²) in [5, 5.41) is 16.5. The molecule has 3 aliphatic rings. The number of fused-ring (bicyclic) bond motifs is 1. The van der Waals surface area contributed by atoms with E-state index in [9.17, 15) is 19.5 Å². The highest BCUT2D eigenvalue weighted by Gasteiger charge is 2.76. The van der Waals surface area contributed by atoms with Crippen LogP contribution in [0.15, 0.2) is 54.6 Å². The van der Waals surface area contributed by atoms with Crippen molar-refractivity contribution >= 4 is 46.8 Å². The number of hydrogen-bond acceptors (Lipinski definition) is 5. The summed E-state index contributed by atoms with van der Waals surface area (Å²) in [4.78, 5) is 43.2. The molecule has 7 nitrogen and oxygen atoms in total. The summed E-state index contributed by atoms with van der Waals surface area (Å²) in [6.45, 7) is 4.09. The van der Waals surface area contributed by atoms with Crippen molar-refractivity contribution in [3.8, 4) is 0 Å². The number of para-hydroxylation sites is 1. The number of nitrogens with zero attached hydrogens (tertiary/aromatic N) is 1. The second-order valence-electron chi connectivity index (χ2n) is 10.2. The lowest BCUT2D eigenvalue weighted by Crippen LogP contribution is -2.57. The maximum atomic E-state index is 14.1. The molecule has 2 bridgehead atoms. The minimum atomic E-state index is -0.824. The predicted octanol–water partition coefficient (Wildman–Crippen LogP) is 3.70. The van der Waals surface area contributed by atoms with Crippen molar-refractivity contribution in [2.24, 2.45) is 17.8 Å². The van der Waals surface area contributed by atoms with Crippen LogP contribution >= 0.6 is 23.4 Å². The molecule has 37 heavy (non-hydrogen) atoms. The van der Waals surface area contributed by atoms with Gasteiger partial charge in [0.15, 0.2) is 0 Å². The summed E-state index contributed by atoms with van der Waals surface area (Å²) < 4.78 is -0.759. The van der Waals surface area contributed by atoms with E-state index in [1.54, 1.807) is 40.9 Å². The van der Waals surface area contributed by atoms with Crippen LogP contribution in [0.25, 0.3) is 0 Å². The van der Waals surface area contributed by atoms with Crippen LogP contribution in [0, 0.1) is 17.8 Å². The number of rotatable bonds is 8. The first-order valence-electron chi connectivity index (χ1n) is 12.8. The molecule has 0 radical (unpaired) electrons. The van der Waals surface area contributed by atoms with Crippen LogP contribution in [-0.2, 0) is 20.9 Å². The fourth-order valence-electron chi connectivity index (χ4n) is 6.53. The summed E-state index contributed by atoms with van der Waals surface area (Å²) in [5.41, 5.74) is 1.46. The van der Waals surface area contributed by atoms with Crippen LogP contribution in [0.5, 0.6) is 0 Å². The number of carbonyl (C=O) groups excluding carboxylic acids is 3. The molecule has 3 saturated heterocycles. The number of amides is 3. The molecule has 3 heterocycles. The number of benzene rings is 2. The van der Waals surface area contributed by atoms with E-state index >= 15 is 0 Å². The number of hydrogen-bond donors (Lipinski definition) is 3. The zero-order valence-corrected chi connectivity index (χ0v) is 22.5. The number of halogens is 1. The van der Waals surface area contributed by atoms with Gasteiger partial charge in [-0.1, -0.05) is 67.9 Å². The van der Waals surface area contributed by atoms with E-state index in [-0.39, 0.29) is 35.5 Å². The monoisotopic (exact) mass is 541 g/mol. The zero-order chi connectivity index (χ0) is 26.3. The molecule has 2 aromatic carbocycles. The summed E-state index contributed by atoms with van der Waals surface area (Å²) in [7, 11) is 0. The average molecular weight is 542 g/mol. The Morgan fingerprint density at radius 1 is 1.16 bits per heavy atom. The zero-order valence-electron chi connectivity index (χ0n) is 20.9. The van der Waals surface area contributed by atoms with Crippen LogP contribution < -0.4 is 10.6 Å². The number of thioether (sulfide) groups is 1. The Labute approximate surface area is 226 Å². The molecule has 3 N–H and O–H groups in total. The smallest absolute Gasteiger partial charge is 0.248 e. The molecule has 196 valence electrons. The Kier molecular flexibility index (Phi) is 7.27. The van der Waals surface area contributed by atoms with Crippen molar-refractivity contribution < 1.29 is 19.5 Å². The summed E-state index contributed by atoms with van der Waals surface area (Å²) in [5.74, 6) is -1.84. The van der Waals surface area contributed by atoms with E-state index in [0.717, 1.165) is 12.0 Å². The van der Waals surface area contributed by atoms with Crippen molar-refractivity contribution in [3.63, 3.8) is 0 Å². The average Bonchev–Trinajstić information content (AvgIpc) is 3.49. The van der Waals surface area contributed by atoms with E-state index in [2.05, 4.69) is 17.6 Å². The maximum Gasteiger partial charge on any atom is 0.248 e. The first kappa shape index (κ1) is 26.1. The Balaban J connectivity index is 1.49. The van der Waals surface area contributed by atoms with Gasteiger partial charge in [-0.05, 0) is 36.5 Å². The van der Waals surface area contributed by atoms with Crippen molar-refractivity contribution in [2.45, 2.75) is 55.3 Å². The van der Waals surface area contributed by atoms with Crippen LogP contribution in [-0.4, -0.2) is 56.4 Å². The lowest BCUT2D eigenvalue weighted by atomic mass is 9.66. The molecule has 0 aliphatic carbocycles. The fourth-order valence-corrected chi connectivity index (χ4v) is 9.12. The largest absolute Gasteiger partial charge is 0.394 e. The molecule has 3 unspecified atom stereocenters. The van der Waals surface area contributed by atoms with E-state index < -0.39 is 28.7 Å². The summed E-state index contributed by atoms with van der Waals surface area (Å²) in [6, 6.07) is 15.3. The van der Waals surface area contributed by atoms with E-state index in [1.165, 1.54) is 0 Å². The molecule has 0 saturated carbocycles. The van der Waals surface area contributed by atoms with Crippen molar-refractivity contribution in [3.05, 3.63) is 65.2 Å². The van der Waals surface area contributed by atoms with Crippen LogP contribution in [0.3, 0.4) is 0 Å². The van der Waals surface area contributed by atoms with Crippen LogP contribution in [0.1, 0.15) is 32.3 Å². The lowest BCUT2D eigenvalue weighted by Gasteiger charge is -2.40. The number of carbonyl (C=O) groups is 3. The second-order valence-corrected chi connectivity index (χ2v) is 12.2. The minimum absolute atomic E-state index is 0.0396. The SMILES string of the molecule is CC[C@@H](CO)N1C(=O)[C@@H]2[C@H](C(=O)NCc3ccccc3)[C@@H]3CC(C)C2(S3)C1C(=O)Nc1ccccc1Cl. The van der Waals surface area contributed by atoms with Gasteiger partial charge in [0, 0.05) is 11.8 Å². The standard InChI is InChI=1S/C28H32ClN3O4S/c1-3-18(15-33)32-24(26(35)31-20-12-8-7-11-19(20)29)28-16(2)13-21(37-28)22(23(28)27(32)36)25(34)30-14-17-9-5-4-6-10-17/h4-12,16,18,21-24,33H,3,13-15H2,1-2H3,(H,30,34)(H,31,35)/t16?,18-,21-,22+,23-,24?,28?/m0/s1. The third-order valence-electron chi connectivity index (χ3n) is 8.25. The Morgan fingerprint density at radius 2 is 1.86 bits per heavy atom. The van der Waals surface area contributed by atoms with E-state index in [0.29, 0.717) is 23.7 Å². The highest BCUT2D eigenvalue weighted by Crippen LogP contribution is 2.68. The molecule has 3 amide bonds. The molecular weight excluding hydrogens is 510 g/mol. The first-order chi connectivity index (χ1) is 17.8. The number of anilines is 1. The van der Waals surface area contributed by atoms with Gasteiger partial charge in [-0.15, -0.1) is 11.8 Å². The first-order valence-corrected chi connectivity index (χ1v) is 14.1. The van der Waals surface area contributed by atoms with Gasteiger partial charge in [0.2, 0.25) is 17.7 Å². The van der Waals surface area contributed by atoms with E-state index in [1.807, 2.05) is 37.3 Å². The molecular formula is C28H32ClN3O4S. The van der Waals surface area contributed by atoms with Gasteiger partial charge in [0.1, 0.15) is 6.04 Å². The lowest BCUT2D eigenvalue weighted by molar-refractivity contribution is -0.142. The topological polar surface area (TPSA) is 98.7 Å². The fraction of sp³-hybridized carbons (Fsp3) is 0.464. The molecule has 7 atom stereocenters. The van der Waals surface area contributed by atoms with Gasteiger partial charge >= 0.3 is 0 Å². The van der Waals surface area contributed by atoms with Gasteiger partial charge in [-0.2, -0.15) is 0 Å². The predicted molar refractivity (Wildman–Crippen MR) is 145 cm³/mol. The molecule has 0 aromatic heterocycles. The molecule has 5 rings (SSSR count). The van der Waals surface area contributed by atoms with Gasteiger partial charge in [0.05, 0.1) is 39.9 Å². The Hall–Kier alpha value is -2.55. The van der Waals surface area contributed by atoms with Crippen LogP contribution in [0.2, 0.25) is 5.02 Å². The third-order valence-corrected chi connectivity index (χ3v) is 10.7. The number of aliphatic hydroxyl groups is 1. The normalized spacial score (nSPS) is 30.8. The van der Waals surface area contributed by atoms with Gasteiger partial charge < -0.3 is 20.6 Å². The van der Waals surface area contributed by atoms with Crippen molar-refractivity contribution in [1.29, 1.82) is 0 Å². The summed E-state index contributed by atoms with van der Waals surface area (Å²) in [6.07, 6.45) is 1.24. The maximum absolute atomic E-state index is 14.1. The molecule has 3 fully saturated rings.